The number of nitrogens with zero attached hydrogens (tertiary/aromatic N) is 4. The summed E-state index contributed by atoms with van der Waals surface area (Å²) in [5.74, 6) is 0. The largest absolute Gasteiger partial charge is 0.396 e. The molecule has 1 atom stereocenters. The summed E-state index contributed by atoms with van der Waals surface area (Å²) in [5.41, 5.74) is 2.47. The van der Waals surface area contributed by atoms with E-state index in [1.54, 1.807) is 0 Å². The molecule has 1 aliphatic carbocycles. The molecule has 2 heterocycles. The highest BCUT2D eigenvalue weighted by molar-refractivity contribution is 5.15. The molecule has 1 aliphatic heterocycles. The Balaban J connectivity index is 1.63. The van der Waals surface area contributed by atoms with Crippen LogP contribution in [0.25, 0.3) is 0 Å². The summed E-state index contributed by atoms with van der Waals surface area (Å²) in [4.78, 5) is 5.23. The third-order valence-corrected chi connectivity index (χ3v) is 5.38. The first-order chi connectivity index (χ1) is 10.7. The van der Waals surface area contributed by atoms with Crippen molar-refractivity contribution in [2.24, 2.45) is 7.05 Å². The van der Waals surface area contributed by atoms with Gasteiger partial charge in [-0.05, 0) is 26.2 Å². The van der Waals surface area contributed by atoms with Gasteiger partial charge in [-0.15, -0.1) is 0 Å². The van der Waals surface area contributed by atoms with Crippen molar-refractivity contribution >= 4 is 0 Å². The van der Waals surface area contributed by atoms with E-state index in [2.05, 4.69) is 28.0 Å². The minimum atomic E-state index is 0.299. The lowest BCUT2D eigenvalue weighted by molar-refractivity contribution is 0.0266. The van der Waals surface area contributed by atoms with Crippen LogP contribution in [-0.2, 0) is 13.6 Å². The van der Waals surface area contributed by atoms with Gasteiger partial charge in [-0.25, -0.2) is 0 Å². The second-order valence-electron chi connectivity index (χ2n) is 6.99. The number of hydrogen-bond donors (Lipinski definition) is 1. The van der Waals surface area contributed by atoms with Crippen molar-refractivity contribution in [1.82, 2.24) is 19.6 Å². The van der Waals surface area contributed by atoms with Crippen molar-refractivity contribution in [3.8, 4) is 0 Å². The molecule has 2 aliphatic rings. The molecule has 1 aromatic rings. The Morgan fingerprint density at radius 1 is 1.27 bits per heavy atom. The molecule has 1 saturated carbocycles. The zero-order chi connectivity index (χ0) is 15.5. The Hall–Kier alpha value is -0.910. The number of rotatable bonds is 5. The van der Waals surface area contributed by atoms with E-state index in [1.807, 2.05) is 11.7 Å². The summed E-state index contributed by atoms with van der Waals surface area (Å²) in [7, 11) is 1.99. The van der Waals surface area contributed by atoms with E-state index >= 15 is 0 Å². The zero-order valence-corrected chi connectivity index (χ0v) is 14.0. The van der Waals surface area contributed by atoms with Gasteiger partial charge < -0.3 is 5.11 Å². The summed E-state index contributed by atoms with van der Waals surface area (Å²) < 4.78 is 1.91. The summed E-state index contributed by atoms with van der Waals surface area (Å²) >= 11 is 0. The fourth-order valence-corrected chi connectivity index (χ4v) is 4.24. The van der Waals surface area contributed by atoms with E-state index in [0.717, 1.165) is 44.3 Å². The van der Waals surface area contributed by atoms with Crippen LogP contribution in [-0.4, -0.2) is 63.0 Å². The van der Waals surface area contributed by atoms with Gasteiger partial charge >= 0.3 is 0 Å². The van der Waals surface area contributed by atoms with E-state index in [4.69, 9.17) is 0 Å². The molecule has 0 amide bonds. The highest BCUT2D eigenvalue weighted by atomic mass is 16.3. The first-order valence-electron chi connectivity index (χ1n) is 8.75. The number of aryl methyl sites for hydroxylation is 2. The lowest BCUT2D eigenvalue weighted by atomic mass is 10.0. The zero-order valence-electron chi connectivity index (χ0n) is 14.0. The first-order valence-corrected chi connectivity index (χ1v) is 8.75. The summed E-state index contributed by atoms with van der Waals surface area (Å²) in [6, 6.07) is 1.28. The Bertz CT molecular complexity index is 481. The molecular weight excluding hydrogens is 276 g/mol. The molecule has 5 heteroatoms. The van der Waals surface area contributed by atoms with Crippen LogP contribution in [0.3, 0.4) is 0 Å². The fraction of sp³-hybridized carbons (Fsp3) is 0.824. The quantitative estimate of drug-likeness (QED) is 0.896. The van der Waals surface area contributed by atoms with Crippen LogP contribution in [0.5, 0.6) is 0 Å². The van der Waals surface area contributed by atoms with E-state index in [9.17, 15) is 5.11 Å². The molecule has 124 valence electrons. The van der Waals surface area contributed by atoms with E-state index in [-0.39, 0.29) is 0 Å². The topological polar surface area (TPSA) is 44.5 Å². The fourth-order valence-electron chi connectivity index (χ4n) is 4.24. The van der Waals surface area contributed by atoms with E-state index in [1.165, 1.54) is 31.2 Å². The molecule has 1 unspecified atom stereocenters. The van der Waals surface area contributed by atoms with Gasteiger partial charge in [0.1, 0.15) is 0 Å². The highest BCUT2D eigenvalue weighted by Gasteiger charge is 2.33. The maximum absolute atomic E-state index is 9.44. The molecule has 22 heavy (non-hydrogen) atoms. The second-order valence-corrected chi connectivity index (χ2v) is 6.99. The predicted molar refractivity (Wildman–Crippen MR) is 87.7 cm³/mol. The molecule has 1 aromatic heterocycles. The van der Waals surface area contributed by atoms with Gasteiger partial charge in [-0.1, -0.05) is 12.8 Å². The average molecular weight is 306 g/mol. The van der Waals surface area contributed by atoms with Crippen molar-refractivity contribution < 1.29 is 5.11 Å². The minimum absolute atomic E-state index is 0.299. The molecule has 0 spiro atoms. The number of aliphatic hydroxyl groups is 1. The van der Waals surface area contributed by atoms with Crippen molar-refractivity contribution in [3.63, 3.8) is 0 Å². The van der Waals surface area contributed by atoms with Crippen molar-refractivity contribution in [3.05, 3.63) is 17.5 Å². The predicted octanol–water partition coefficient (Wildman–Crippen LogP) is 1.54. The van der Waals surface area contributed by atoms with E-state index in [0.29, 0.717) is 12.6 Å². The van der Waals surface area contributed by atoms with Crippen LogP contribution in [0.2, 0.25) is 0 Å². The standard InChI is InChI=1S/C17H30N4O/c1-14-15(11-19(2)18-14)12-20-8-9-21(16-5-3-4-6-16)17(13-20)7-10-22/h11,16-17,22H,3-10,12-13H2,1-2H3. The lowest BCUT2D eigenvalue weighted by Gasteiger charge is -2.44. The first kappa shape index (κ1) is 16.0. The Labute approximate surface area is 133 Å². The molecule has 0 aromatic carbocycles. The normalized spacial score (nSPS) is 25.1. The Morgan fingerprint density at radius 3 is 2.68 bits per heavy atom. The SMILES string of the molecule is Cc1nn(C)cc1CN1CCN(C2CCCC2)C(CCO)C1. The minimum Gasteiger partial charge on any atom is -0.396 e. The van der Waals surface area contributed by atoms with E-state index < -0.39 is 0 Å². The molecular formula is C17H30N4O. The second kappa shape index (κ2) is 7.11. The van der Waals surface area contributed by atoms with Crippen molar-refractivity contribution in [2.45, 2.75) is 57.7 Å². The molecule has 5 nitrogen and oxygen atoms in total. The lowest BCUT2D eigenvalue weighted by Crippen LogP contribution is -2.56. The van der Waals surface area contributed by atoms with Gasteiger partial charge in [0.15, 0.2) is 0 Å². The average Bonchev–Trinajstić information content (AvgIpc) is 3.10. The van der Waals surface area contributed by atoms with Crippen LogP contribution in [0.1, 0.15) is 43.4 Å². The molecule has 1 N–H and O–H groups in total. The van der Waals surface area contributed by atoms with Crippen LogP contribution in [0.15, 0.2) is 6.20 Å². The smallest absolute Gasteiger partial charge is 0.0638 e. The number of aromatic nitrogens is 2. The molecule has 0 bridgehead atoms. The van der Waals surface area contributed by atoms with Crippen molar-refractivity contribution in [2.75, 3.05) is 26.2 Å². The molecule has 1 saturated heterocycles. The third-order valence-electron chi connectivity index (χ3n) is 5.38. The molecule has 3 rings (SSSR count). The Morgan fingerprint density at radius 2 is 2.05 bits per heavy atom. The van der Waals surface area contributed by atoms with Gasteiger partial charge in [-0.2, -0.15) is 5.10 Å². The summed E-state index contributed by atoms with van der Waals surface area (Å²) in [6.45, 7) is 6.73. The number of hydrogen-bond acceptors (Lipinski definition) is 4. The number of aliphatic hydroxyl groups excluding tert-OH is 1. The number of piperazine rings is 1. The summed E-state index contributed by atoms with van der Waals surface area (Å²) in [6.07, 6.45) is 8.50. The van der Waals surface area contributed by atoms with Crippen LogP contribution < -0.4 is 0 Å². The maximum atomic E-state index is 9.44. The van der Waals surface area contributed by atoms with Gasteiger partial charge in [0.05, 0.1) is 5.69 Å². The molecule has 0 radical (unpaired) electrons. The third kappa shape index (κ3) is 3.53. The highest BCUT2D eigenvalue weighted by Crippen LogP contribution is 2.28. The van der Waals surface area contributed by atoms with Crippen LogP contribution in [0, 0.1) is 6.92 Å². The molecule has 2 fully saturated rings. The summed E-state index contributed by atoms with van der Waals surface area (Å²) in [5, 5.41) is 13.9. The Kier molecular flexibility index (Phi) is 5.16. The van der Waals surface area contributed by atoms with Gasteiger partial charge in [0.25, 0.3) is 0 Å². The monoisotopic (exact) mass is 306 g/mol. The van der Waals surface area contributed by atoms with Gasteiger partial charge in [-0.3, -0.25) is 14.5 Å². The van der Waals surface area contributed by atoms with Gasteiger partial charge in [0.2, 0.25) is 0 Å². The van der Waals surface area contributed by atoms with Crippen LogP contribution in [0.4, 0.5) is 0 Å². The maximum Gasteiger partial charge on any atom is 0.0638 e. The van der Waals surface area contributed by atoms with Crippen LogP contribution >= 0.6 is 0 Å². The van der Waals surface area contributed by atoms with Crippen molar-refractivity contribution in [1.29, 1.82) is 0 Å². The van der Waals surface area contributed by atoms with Gasteiger partial charge in [0, 0.05) is 63.7 Å².